The molecule has 0 aromatic heterocycles. The van der Waals surface area contributed by atoms with E-state index in [1.165, 1.54) is 19.3 Å². The summed E-state index contributed by atoms with van der Waals surface area (Å²) in [5.41, 5.74) is 0. The smallest absolute Gasteiger partial charge is 0.317 e. The lowest BCUT2D eigenvalue weighted by Crippen LogP contribution is -3.00. The van der Waals surface area contributed by atoms with Gasteiger partial charge in [-0.05, 0) is 19.6 Å². The fraction of sp³-hybridized carbons (Fsp3) is 0.818. The van der Waals surface area contributed by atoms with E-state index in [-0.39, 0.29) is 29.9 Å². The predicted octanol–water partition coefficient (Wildman–Crippen LogP) is -1.10. The molecule has 0 radical (unpaired) electrons. The van der Waals surface area contributed by atoms with Gasteiger partial charge in [0.05, 0.1) is 6.61 Å². The number of piperidine rings is 1. The molecular weight excluding hydrogens is 337 g/mol. The Labute approximate surface area is 119 Å². The average Bonchev–Trinajstić information content (AvgIpc) is 2.27. The number of carbonyl (C=O) groups is 1. The van der Waals surface area contributed by atoms with Crippen molar-refractivity contribution in [1.82, 2.24) is 0 Å². The number of halogens is 1. The lowest BCUT2D eigenvalue weighted by molar-refractivity contribution is -0.535. The molecule has 0 aliphatic carbocycles. The van der Waals surface area contributed by atoms with E-state index in [1.807, 2.05) is 13.2 Å². The number of rotatable bonds is 3. The van der Waals surface area contributed by atoms with Gasteiger partial charge >= 0.3 is 5.97 Å². The standard InChI is InChI=1S/C11H20NO2S.HI/c1-3-14-11(13)9-10(15-2)12-7-5-4-6-8-12;/h3-9H2,1-2H3;1H/q+1;/p-1. The SMILES string of the molecule is CCOC(=O)CC(SC)=[N+]1CCCCC1.[I-]. The number of thioether (sulfide) groups is 1. The molecule has 0 bridgehead atoms. The second kappa shape index (κ2) is 9.27. The molecule has 1 rings (SSSR count). The van der Waals surface area contributed by atoms with Gasteiger partial charge in [-0.1, -0.05) is 11.8 Å². The maximum absolute atomic E-state index is 11.4. The predicted molar refractivity (Wildman–Crippen MR) is 63.6 cm³/mol. The Bertz CT molecular complexity index is 248. The highest BCUT2D eigenvalue weighted by atomic mass is 127. The molecule has 5 heteroatoms. The number of ether oxygens (including phenoxy) is 1. The van der Waals surface area contributed by atoms with Crippen LogP contribution in [-0.2, 0) is 9.53 Å². The molecule has 0 atom stereocenters. The van der Waals surface area contributed by atoms with Crippen molar-refractivity contribution >= 4 is 22.8 Å². The summed E-state index contributed by atoms with van der Waals surface area (Å²) >= 11 is 1.67. The van der Waals surface area contributed by atoms with E-state index in [4.69, 9.17) is 4.74 Å². The summed E-state index contributed by atoms with van der Waals surface area (Å²) in [4.78, 5) is 11.4. The normalized spacial score (nSPS) is 15.2. The lowest BCUT2D eigenvalue weighted by Gasteiger charge is -2.12. The van der Waals surface area contributed by atoms with Gasteiger partial charge in [-0.3, -0.25) is 4.79 Å². The van der Waals surface area contributed by atoms with Gasteiger partial charge in [0.1, 0.15) is 19.5 Å². The zero-order valence-electron chi connectivity index (χ0n) is 10.00. The van der Waals surface area contributed by atoms with Gasteiger partial charge in [0, 0.05) is 12.8 Å². The van der Waals surface area contributed by atoms with Gasteiger partial charge in [-0.2, -0.15) is 0 Å². The number of carbonyl (C=O) groups excluding carboxylic acids is 1. The highest BCUT2D eigenvalue weighted by Crippen LogP contribution is 2.11. The summed E-state index contributed by atoms with van der Waals surface area (Å²) in [5, 5.41) is 1.16. The first kappa shape index (κ1) is 16.2. The zero-order valence-corrected chi connectivity index (χ0v) is 13.0. The maximum Gasteiger partial charge on any atom is 0.317 e. The van der Waals surface area contributed by atoms with Crippen LogP contribution >= 0.6 is 11.8 Å². The van der Waals surface area contributed by atoms with Gasteiger partial charge in [-0.15, -0.1) is 0 Å². The van der Waals surface area contributed by atoms with Crippen LogP contribution in [0.4, 0.5) is 0 Å². The van der Waals surface area contributed by atoms with Crippen LogP contribution in [-0.4, -0.2) is 41.5 Å². The molecule has 1 heterocycles. The minimum atomic E-state index is -0.104. The fourth-order valence-electron chi connectivity index (χ4n) is 1.79. The third-order valence-corrected chi connectivity index (χ3v) is 3.42. The molecule has 16 heavy (non-hydrogen) atoms. The summed E-state index contributed by atoms with van der Waals surface area (Å²) in [6.45, 7) is 4.50. The highest BCUT2D eigenvalue weighted by molar-refractivity contribution is 8.13. The van der Waals surface area contributed by atoms with Crippen LogP contribution in [0.1, 0.15) is 32.6 Å². The minimum Gasteiger partial charge on any atom is -1.00 e. The average molecular weight is 357 g/mol. The molecule has 94 valence electrons. The van der Waals surface area contributed by atoms with Crippen molar-refractivity contribution in [1.29, 1.82) is 0 Å². The molecule has 1 fully saturated rings. The largest absolute Gasteiger partial charge is 1.00 e. The Morgan fingerprint density at radius 2 is 1.94 bits per heavy atom. The van der Waals surface area contributed by atoms with Gasteiger partial charge in [0.15, 0.2) is 0 Å². The fourth-order valence-corrected chi connectivity index (χ4v) is 2.49. The highest BCUT2D eigenvalue weighted by Gasteiger charge is 2.20. The van der Waals surface area contributed by atoms with Crippen molar-refractivity contribution in [2.75, 3.05) is 26.0 Å². The lowest BCUT2D eigenvalue weighted by atomic mass is 10.1. The van der Waals surface area contributed by atoms with Crippen LogP contribution in [0, 0.1) is 0 Å². The number of esters is 1. The molecule has 0 spiro atoms. The molecule has 0 N–H and O–H groups in total. The van der Waals surface area contributed by atoms with E-state index in [2.05, 4.69) is 4.58 Å². The Morgan fingerprint density at radius 3 is 2.44 bits per heavy atom. The van der Waals surface area contributed by atoms with Crippen LogP contribution in [0.3, 0.4) is 0 Å². The molecule has 1 aliphatic rings. The van der Waals surface area contributed by atoms with Crippen molar-refractivity contribution in [3.05, 3.63) is 0 Å². The van der Waals surface area contributed by atoms with Gasteiger partial charge in [-0.25, -0.2) is 4.58 Å². The molecule has 0 amide bonds. The summed E-state index contributed by atoms with van der Waals surface area (Å²) in [6.07, 6.45) is 6.27. The van der Waals surface area contributed by atoms with Crippen molar-refractivity contribution in [2.24, 2.45) is 0 Å². The molecule has 0 aromatic carbocycles. The van der Waals surface area contributed by atoms with E-state index < -0.39 is 0 Å². The van der Waals surface area contributed by atoms with E-state index in [0.717, 1.165) is 18.1 Å². The second-order valence-corrected chi connectivity index (χ2v) is 4.51. The molecular formula is C11H20INO2S. The van der Waals surface area contributed by atoms with E-state index in [9.17, 15) is 4.79 Å². The summed E-state index contributed by atoms with van der Waals surface area (Å²) < 4.78 is 7.29. The van der Waals surface area contributed by atoms with Crippen molar-refractivity contribution in [2.45, 2.75) is 32.6 Å². The number of hydrogen-bond donors (Lipinski definition) is 0. The molecule has 3 nitrogen and oxygen atoms in total. The van der Waals surface area contributed by atoms with Crippen molar-refractivity contribution < 1.29 is 38.1 Å². The Balaban J connectivity index is 0.00000225. The molecule has 0 aromatic rings. The first-order valence-electron chi connectivity index (χ1n) is 5.58. The Kier molecular flexibility index (Phi) is 9.40. The monoisotopic (exact) mass is 357 g/mol. The molecule has 0 unspecified atom stereocenters. The summed E-state index contributed by atoms with van der Waals surface area (Å²) in [5.74, 6) is -0.104. The van der Waals surface area contributed by atoms with E-state index in [0.29, 0.717) is 13.0 Å². The van der Waals surface area contributed by atoms with E-state index in [1.54, 1.807) is 11.8 Å². The maximum atomic E-state index is 11.4. The summed E-state index contributed by atoms with van der Waals surface area (Å²) in [7, 11) is 0. The Morgan fingerprint density at radius 1 is 1.31 bits per heavy atom. The zero-order chi connectivity index (χ0) is 11.1. The van der Waals surface area contributed by atoms with Crippen LogP contribution < -0.4 is 24.0 Å². The second-order valence-electron chi connectivity index (χ2n) is 3.63. The first-order valence-corrected chi connectivity index (χ1v) is 6.80. The van der Waals surface area contributed by atoms with E-state index >= 15 is 0 Å². The Hall–Kier alpha value is 0.220. The van der Waals surface area contributed by atoms with Crippen molar-refractivity contribution in [3.63, 3.8) is 0 Å². The quantitative estimate of drug-likeness (QED) is 0.278. The first-order chi connectivity index (χ1) is 7.27. The van der Waals surface area contributed by atoms with Crippen LogP contribution in [0.25, 0.3) is 0 Å². The van der Waals surface area contributed by atoms with Crippen LogP contribution in [0.5, 0.6) is 0 Å². The van der Waals surface area contributed by atoms with Gasteiger partial charge in [0.2, 0.25) is 5.04 Å². The van der Waals surface area contributed by atoms with Crippen LogP contribution in [0.15, 0.2) is 0 Å². The number of nitrogens with zero attached hydrogens (tertiary/aromatic N) is 1. The van der Waals surface area contributed by atoms with Gasteiger partial charge in [0.25, 0.3) is 0 Å². The number of hydrogen-bond acceptors (Lipinski definition) is 3. The third-order valence-electron chi connectivity index (χ3n) is 2.55. The molecule has 1 aliphatic heterocycles. The molecule has 0 saturated carbocycles. The molecule has 1 saturated heterocycles. The summed E-state index contributed by atoms with van der Waals surface area (Å²) in [6, 6.07) is 0. The van der Waals surface area contributed by atoms with Crippen molar-refractivity contribution in [3.8, 4) is 0 Å². The third kappa shape index (κ3) is 5.52. The van der Waals surface area contributed by atoms with Crippen LogP contribution in [0.2, 0.25) is 0 Å². The minimum absolute atomic E-state index is 0. The van der Waals surface area contributed by atoms with Gasteiger partial charge < -0.3 is 28.7 Å². The topological polar surface area (TPSA) is 29.3 Å².